The van der Waals surface area contributed by atoms with Crippen molar-refractivity contribution in [3.63, 3.8) is 0 Å². The molecule has 148 valence electrons. The van der Waals surface area contributed by atoms with Crippen molar-refractivity contribution in [2.24, 2.45) is 12.5 Å². The molecule has 0 N–H and O–H groups in total. The van der Waals surface area contributed by atoms with Crippen LogP contribution < -0.4 is 4.90 Å². The first-order valence-electron chi connectivity index (χ1n) is 9.55. The van der Waals surface area contributed by atoms with Crippen LogP contribution in [0.5, 0.6) is 0 Å². The van der Waals surface area contributed by atoms with Gasteiger partial charge < -0.3 is 14.2 Å². The minimum atomic E-state index is -0.171. The third-order valence-electron chi connectivity index (χ3n) is 5.58. The Balaban J connectivity index is 1.54. The van der Waals surface area contributed by atoms with Crippen LogP contribution >= 0.6 is 0 Å². The van der Waals surface area contributed by atoms with E-state index in [-0.39, 0.29) is 5.41 Å². The minimum absolute atomic E-state index is 0.171. The number of rotatable bonds is 3. The number of fused-ring (bicyclic) bond motifs is 1. The lowest BCUT2D eigenvalue weighted by atomic mass is 9.78. The van der Waals surface area contributed by atoms with E-state index in [9.17, 15) is 0 Å². The summed E-state index contributed by atoms with van der Waals surface area (Å²) >= 11 is 0. The number of nitrogens with zero attached hydrogens (tertiary/aromatic N) is 9. The van der Waals surface area contributed by atoms with Gasteiger partial charge >= 0.3 is 0 Å². The fourth-order valence-corrected chi connectivity index (χ4v) is 3.67. The molecule has 5 heterocycles. The first-order chi connectivity index (χ1) is 13.2. The highest BCUT2D eigenvalue weighted by Crippen LogP contribution is 2.41. The maximum absolute atomic E-state index is 5.41. The van der Waals surface area contributed by atoms with Crippen LogP contribution in [0.15, 0.2) is 0 Å². The van der Waals surface area contributed by atoms with Crippen LogP contribution in [0.1, 0.15) is 38.2 Å². The second kappa shape index (κ2) is 5.69. The standard InChI is InChI=1S/C18H25N9O/c1-11-21-22-12(25(11)5)6-27-23-13-14(24-27)19-16(17(2,3)4)20-15(13)26-7-18(8-26)9-28-10-18/h6-10H2,1-5H3. The van der Waals surface area contributed by atoms with E-state index in [0.717, 1.165) is 55.1 Å². The van der Waals surface area contributed by atoms with Crippen LogP contribution in [0, 0.1) is 12.3 Å². The van der Waals surface area contributed by atoms with Gasteiger partial charge in [-0.3, -0.25) is 0 Å². The Bertz CT molecular complexity index is 1050. The fourth-order valence-electron chi connectivity index (χ4n) is 3.67. The Kier molecular flexibility index (Phi) is 3.55. The smallest absolute Gasteiger partial charge is 0.207 e. The molecule has 0 atom stereocenters. The number of aromatic nitrogens is 8. The summed E-state index contributed by atoms with van der Waals surface area (Å²) in [6, 6.07) is 0. The highest BCUT2D eigenvalue weighted by Gasteiger charge is 2.50. The predicted octanol–water partition coefficient (Wildman–Crippen LogP) is 0.841. The second-order valence-corrected chi connectivity index (χ2v) is 9.09. The van der Waals surface area contributed by atoms with Crippen LogP contribution in [0.3, 0.4) is 0 Å². The molecule has 5 rings (SSSR count). The molecular formula is C18H25N9O. The molecule has 10 heteroatoms. The fraction of sp³-hybridized carbons (Fsp3) is 0.667. The molecule has 0 amide bonds. The van der Waals surface area contributed by atoms with Gasteiger partial charge in [0, 0.05) is 25.6 Å². The first kappa shape index (κ1) is 17.5. The van der Waals surface area contributed by atoms with Gasteiger partial charge in [0.25, 0.3) is 0 Å². The van der Waals surface area contributed by atoms with E-state index in [1.165, 1.54) is 0 Å². The number of ether oxygens (including phenoxy) is 1. The van der Waals surface area contributed by atoms with Crippen molar-refractivity contribution in [3.8, 4) is 0 Å². The Morgan fingerprint density at radius 2 is 1.82 bits per heavy atom. The molecule has 0 saturated carbocycles. The molecule has 2 fully saturated rings. The number of anilines is 1. The molecule has 2 saturated heterocycles. The van der Waals surface area contributed by atoms with Crippen LogP contribution in [0.2, 0.25) is 0 Å². The van der Waals surface area contributed by atoms with Gasteiger partial charge in [0.05, 0.1) is 18.6 Å². The van der Waals surface area contributed by atoms with Crippen molar-refractivity contribution in [1.29, 1.82) is 0 Å². The molecule has 0 aliphatic carbocycles. The number of hydrogen-bond acceptors (Lipinski definition) is 8. The maximum atomic E-state index is 5.41. The highest BCUT2D eigenvalue weighted by atomic mass is 16.5. The van der Waals surface area contributed by atoms with E-state index in [4.69, 9.17) is 19.8 Å². The topological polar surface area (TPSA) is 99.7 Å². The van der Waals surface area contributed by atoms with Gasteiger partial charge in [0.2, 0.25) is 5.65 Å². The Morgan fingerprint density at radius 1 is 1.07 bits per heavy atom. The lowest BCUT2D eigenvalue weighted by Gasteiger charge is -2.55. The summed E-state index contributed by atoms with van der Waals surface area (Å²) in [4.78, 5) is 13.5. The second-order valence-electron chi connectivity index (χ2n) is 9.09. The summed E-state index contributed by atoms with van der Waals surface area (Å²) in [5.74, 6) is 3.31. The lowest BCUT2D eigenvalue weighted by molar-refractivity contribution is -0.127. The van der Waals surface area contributed by atoms with Crippen LogP contribution in [-0.4, -0.2) is 66.0 Å². The zero-order chi connectivity index (χ0) is 19.7. The average Bonchev–Trinajstić information content (AvgIpc) is 3.09. The quantitative estimate of drug-likeness (QED) is 0.656. The molecule has 0 unspecified atom stereocenters. The predicted molar refractivity (Wildman–Crippen MR) is 102 cm³/mol. The molecule has 0 radical (unpaired) electrons. The zero-order valence-electron chi connectivity index (χ0n) is 17.0. The molecular weight excluding hydrogens is 358 g/mol. The van der Waals surface area contributed by atoms with Crippen LogP contribution in [0.4, 0.5) is 5.82 Å². The zero-order valence-corrected chi connectivity index (χ0v) is 17.0. The highest BCUT2D eigenvalue weighted by molar-refractivity contribution is 5.83. The molecule has 0 bridgehead atoms. The normalized spacial score (nSPS) is 18.5. The largest absolute Gasteiger partial charge is 0.380 e. The maximum Gasteiger partial charge on any atom is 0.207 e. The van der Waals surface area contributed by atoms with Gasteiger partial charge in [-0.15, -0.1) is 20.4 Å². The molecule has 2 aliphatic rings. The SMILES string of the molecule is Cc1nnc(Cn2nc3nc(C(C)(C)C)nc(N4CC5(COC5)C4)c3n2)n1C. The Labute approximate surface area is 162 Å². The van der Waals surface area contributed by atoms with Gasteiger partial charge in [-0.1, -0.05) is 20.8 Å². The van der Waals surface area contributed by atoms with Crippen LogP contribution in [0.25, 0.3) is 11.2 Å². The molecule has 3 aromatic heterocycles. The van der Waals surface area contributed by atoms with Gasteiger partial charge in [0.15, 0.2) is 17.2 Å². The number of hydrogen-bond donors (Lipinski definition) is 0. The summed E-state index contributed by atoms with van der Waals surface area (Å²) in [5.41, 5.74) is 1.49. The molecule has 3 aromatic rings. The van der Waals surface area contributed by atoms with E-state index < -0.39 is 0 Å². The van der Waals surface area contributed by atoms with E-state index in [2.05, 4.69) is 41.0 Å². The molecule has 28 heavy (non-hydrogen) atoms. The van der Waals surface area contributed by atoms with E-state index >= 15 is 0 Å². The van der Waals surface area contributed by atoms with E-state index in [0.29, 0.717) is 17.6 Å². The van der Waals surface area contributed by atoms with Crippen molar-refractivity contribution in [3.05, 3.63) is 17.5 Å². The summed E-state index contributed by atoms with van der Waals surface area (Å²) < 4.78 is 7.35. The summed E-state index contributed by atoms with van der Waals surface area (Å²) in [7, 11) is 1.94. The van der Waals surface area contributed by atoms with Crippen molar-refractivity contribution < 1.29 is 4.74 Å². The third kappa shape index (κ3) is 2.66. The van der Waals surface area contributed by atoms with Crippen molar-refractivity contribution in [1.82, 2.24) is 39.7 Å². The number of aryl methyl sites for hydroxylation is 1. The van der Waals surface area contributed by atoms with Crippen molar-refractivity contribution in [2.45, 2.75) is 39.7 Å². The molecule has 0 aromatic carbocycles. The van der Waals surface area contributed by atoms with Crippen molar-refractivity contribution in [2.75, 3.05) is 31.2 Å². The van der Waals surface area contributed by atoms with Crippen LogP contribution in [-0.2, 0) is 23.7 Å². The van der Waals surface area contributed by atoms with Gasteiger partial charge in [0.1, 0.15) is 18.2 Å². The van der Waals surface area contributed by atoms with E-state index in [1.807, 2.05) is 18.5 Å². The molecule has 10 nitrogen and oxygen atoms in total. The summed E-state index contributed by atoms with van der Waals surface area (Å²) in [6.07, 6.45) is 0. The minimum Gasteiger partial charge on any atom is -0.380 e. The first-order valence-corrected chi connectivity index (χ1v) is 9.55. The third-order valence-corrected chi connectivity index (χ3v) is 5.58. The van der Waals surface area contributed by atoms with Gasteiger partial charge in [-0.05, 0) is 6.92 Å². The summed E-state index contributed by atoms with van der Waals surface area (Å²) in [6.45, 7) is 12.3. The van der Waals surface area contributed by atoms with Gasteiger partial charge in [-0.25, -0.2) is 9.97 Å². The Morgan fingerprint density at radius 3 is 2.39 bits per heavy atom. The Hall–Kier alpha value is -2.62. The average molecular weight is 383 g/mol. The van der Waals surface area contributed by atoms with Gasteiger partial charge in [-0.2, -0.15) is 4.80 Å². The molecule has 2 aliphatic heterocycles. The molecule has 1 spiro atoms. The lowest BCUT2D eigenvalue weighted by Crippen LogP contribution is -2.66. The summed E-state index contributed by atoms with van der Waals surface area (Å²) in [5, 5.41) is 17.6. The van der Waals surface area contributed by atoms with E-state index in [1.54, 1.807) is 4.80 Å². The monoisotopic (exact) mass is 383 g/mol. The van der Waals surface area contributed by atoms with Crippen molar-refractivity contribution >= 4 is 17.0 Å².